The Kier molecular flexibility index (Phi) is 5.86. The fraction of sp³-hybridized carbons (Fsp3) is 0.300. The summed E-state index contributed by atoms with van der Waals surface area (Å²) >= 11 is 0. The zero-order valence-corrected chi connectivity index (χ0v) is 15.3. The minimum absolute atomic E-state index is 0.511. The third kappa shape index (κ3) is 4.61. The molecule has 26 heavy (non-hydrogen) atoms. The molecule has 0 saturated carbocycles. The van der Waals surface area contributed by atoms with Crippen LogP contribution in [0.2, 0.25) is 0 Å². The summed E-state index contributed by atoms with van der Waals surface area (Å²) in [5, 5.41) is 4.08. The van der Waals surface area contributed by atoms with E-state index in [1.807, 2.05) is 50.4 Å². The van der Waals surface area contributed by atoms with E-state index in [2.05, 4.69) is 27.2 Å². The van der Waals surface area contributed by atoms with Crippen molar-refractivity contribution < 1.29 is 14.0 Å². The van der Waals surface area contributed by atoms with E-state index < -0.39 is 0 Å². The fourth-order valence-corrected chi connectivity index (χ4v) is 2.64. The minimum Gasteiger partial charge on any atom is -0.497 e. The summed E-state index contributed by atoms with van der Waals surface area (Å²) in [6.07, 6.45) is 0. The number of aromatic nitrogens is 2. The zero-order chi connectivity index (χ0) is 18.4. The Bertz CT molecular complexity index is 813. The molecule has 0 spiro atoms. The van der Waals surface area contributed by atoms with Gasteiger partial charge < -0.3 is 14.0 Å². The van der Waals surface area contributed by atoms with Gasteiger partial charge in [0.15, 0.2) is 5.82 Å². The number of nitrogens with zero attached hydrogens (tertiary/aromatic N) is 3. The van der Waals surface area contributed by atoms with Crippen LogP contribution in [0.15, 0.2) is 53.1 Å². The monoisotopic (exact) mass is 353 g/mol. The second-order valence-corrected chi connectivity index (χ2v) is 5.99. The van der Waals surface area contributed by atoms with Crippen LogP contribution in [-0.4, -0.2) is 35.8 Å². The molecular formula is C20H23N3O3. The number of benzene rings is 2. The molecule has 6 heteroatoms. The van der Waals surface area contributed by atoms with Gasteiger partial charge in [0.1, 0.15) is 11.5 Å². The van der Waals surface area contributed by atoms with Crippen molar-refractivity contribution in [2.75, 3.05) is 20.8 Å². The smallest absolute Gasteiger partial charge is 0.257 e. The van der Waals surface area contributed by atoms with Gasteiger partial charge >= 0.3 is 0 Å². The quantitative estimate of drug-likeness (QED) is 0.614. The molecule has 0 unspecified atom stereocenters. The number of hydrogen-bond acceptors (Lipinski definition) is 6. The van der Waals surface area contributed by atoms with Crippen molar-refractivity contribution in [1.82, 2.24) is 15.0 Å². The van der Waals surface area contributed by atoms with E-state index in [1.165, 1.54) is 5.56 Å². The van der Waals surface area contributed by atoms with Crippen molar-refractivity contribution in [2.45, 2.75) is 20.0 Å². The maximum atomic E-state index is 5.47. The van der Waals surface area contributed by atoms with Gasteiger partial charge in [-0.3, -0.25) is 4.90 Å². The Morgan fingerprint density at radius 3 is 2.31 bits per heavy atom. The van der Waals surface area contributed by atoms with Crippen LogP contribution in [0, 0.1) is 0 Å². The number of rotatable bonds is 8. The topological polar surface area (TPSA) is 60.6 Å². The van der Waals surface area contributed by atoms with Crippen LogP contribution < -0.4 is 9.47 Å². The predicted octanol–water partition coefficient (Wildman–Crippen LogP) is 3.78. The molecule has 0 radical (unpaired) electrons. The molecule has 0 fully saturated rings. The van der Waals surface area contributed by atoms with E-state index in [-0.39, 0.29) is 0 Å². The fourth-order valence-electron chi connectivity index (χ4n) is 2.64. The van der Waals surface area contributed by atoms with Crippen LogP contribution in [-0.2, 0) is 13.1 Å². The third-order valence-electron chi connectivity index (χ3n) is 3.90. The Balaban J connectivity index is 1.59. The van der Waals surface area contributed by atoms with Crippen LogP contribution in [0.25, 0.3) is 11.5 Å². The molecule has 1 aromatic heterocycles. The van der Waals surface area contributed by atoms with Crippen molar-refractivity contribution in [3.05, 3.63) is 59.9 Å². The van der Waals surface area contributed by atoms with Crippen LogP contribution in [0.1, 0.15) is 18.3 Å². The zero-order valence-electron chi connectivity index (χ0n) is 15.3. The van der Waals surface area contributed by atoms with Crippen LogP contribution in [0.3, 0.4) is 0 Å². The van der Waals surface area contributed by atoms with Gasteiger partial charge in [-0.1, -0.05) is 17.3 Å². The lowest BCUT2D eigenvalue weighted by atomic mass is 10.2. The summed E-state index contributed by atoms with van der Waals surface area (Å²) in [4.78, 5) is 6.61. The maximum Gasteiger partial charge on any atom is 0.257 e. The molecule has 136 valence electrons. The van der Waals surface area contributed by atoms with Gasteiger partial charge in [-0.05, 0) is 55.9 Å². The molecule has 0 amide bonds. The second-order valence-electron chi connectivity index (χ2n) is 5.99. The van der Waals surface area contributed by atoms with Gasteiger partial charge in [-0.15, -0.1) is 0 Å². The van der Waals surface area contributed by atoms with Gasteiger partial charge in [0, 0.05) is 12.1 Å². The summed E-state index contributed by atoms with van der Waals surface area (Å²) < 4.78 is 16.0. The predicted molar refractivity (Wildman–Crippen MR) is 99.1 cm³/mol. The molecule has 0 N–H and O–H groups in total. The number of methoxy groups -OCH3 is 1. The first-order chi connectivity index (χ1) is 12.7. The second kappa shape index (κ2) is 8.49. The van der Waals surface area contributed by atoms with Gasteiger partial charge in [0.25, 0.3) is 5.89 Å². The Labute approximate surface area is 153 Å². The van der Waals surface area contributed by atoms with E-state index in [1.54, 1.807) is 7.11 Å². The van der Waals surface area contributed by atoms with E-state index in [9.17, 15) is 0 Å². The van der Waals surface area contributed by atoms with Crippen LogP contribution in [0.4, 0.5) is 0 Å². The lowest BCUT2D eigenvalue weighted by molar-refractivity contribution is 0.301. The lowest BCUT2D eigenvalue weighted by Gasteiger charge is -2.14. The highest BCUT2D eigenvalue weighted by Crippen LogP contribution is 2.21. The summed E-state index contributed by atoms with van der Waals surface area (Å²) in [6, 6.07) is 15.7. The highest BCUT2D eigenvalue weighted by atomic mass is 16.5. The van der Waals surface area contributed by atoms with Crippen LogP contribution in [0.5, 0.6) is 11.5 Å². The minimum atomic E-state index is 0.511. The standard InChI is InChI=1S/C20H23N3O3/c1-4-25-18-9-5-15(6-10-18)13-23(2)14-19-21-20(26-22-19)16-7-11-17(24-3)12-8-16/h5-12H,4,13-14H2,1-3H3. The first kappa shape index (κ1) is 17.9. The summed E-state index contributed by atoms with van der Waals surface area (Å²) in [6.45, 7) is 4.05. The number of hydrogen-bond donors (Lipinski definition) is 0. The first-order valence-electron chi connectivity index (χ1n) is 8.55. The normalized spacial score (nSPS) is 10.9. The summed E-state index contributed by atoms with van der Waals surface area (Å²) in [7, 11) is 3.67. The molecule has 0 bridgehead atoms. The Hall–Kier alpha value is -2.86. The molecule has 0 atom stereocenters. The van der Waals surface area contributed by atoms with Crippen molar-refractivity contribution in [2.24, 2.45) is 0 Å². The highest BCUT2D eigenvalue weighted by Gasteiger charge is 2.11. The van der Waals surface area contributed by atoms with Crippen molar-refractivity contribution in [1.29, 1.82) is 0 Å². The van der Waals surface area contributed by atoms with Crippen LogP contribution >= 0.6 is 0 Å². The molecular weight excluding hydrogens is 330 g/mol. The van der Waals surface area contributed by atoms with E-state index in [0.29, 0.717) is 24.9 Å². The van der Waals surface area contributed by atoms with E-state index in [0.717, 1.165) is 23.6 Å². The molecule has 3 rings (SSSR count). The largest absolute Gasteiger partial charge is 0.497 e. The molecule has 0 aliphatic heterocycles. The lowest BCUT2D eigenvalue weighted by Crippen LogP contribution is -2.18. The van der Waals surface area contributed by atoms with Gasteiger partial charge in [-0.2, -0.15) is 4.98 Å². The maximum absolute atomic E-state index is 5.47. The summed E-state index contributed by atoms with van der Waals surface area (Å²) in [5.74, 6) is 2.85. The van der Waals surface area contributed by atoms with E-state index in [4.69, 9.17) is 14.0 Å². The molecule has 6 nitrogen and oxygen atoms in total. The molecule has 0 aliphatic rings. The van der Waals surface area contributed by atoms with E-state index >= 15 is 0 Å². The Morgan fingerprint density at radius 1 is 0.962 bits per heavy atom. The molecule has 3 aromatic rings. The van der Waals surface area contributed by atoms with Gasteiger partial charge in [0.2, 0.25) is 0 Å². The molecule has 0 aliphatic carbocycles. The van der Waals surface area contributed by atoms with Crippen molar-refractivity contribution in [3.63, 3.8) is 0 Å². The first-order valence-corrected chi connectivity index (χ1v) is 8.55. The van der Waals surface area contributed by atoms with Gasteiger partial charge in [0.05, 0.1) is 20.3 Å². The van der Waals surface area contributed by atoms with Crippen molar-refractivity contribution in [3.8, 4) is 23.0 Å². The molecule has 2 aromatic carbocycles. The average Bonchev–Trinajstić information content (AvgIpc) is 3.12. The Morgan fingerprint density at radius 2 is 1.65 bits per heavy atom. The SMILES string of the molecule is CCOc1ccc(CN(C)Cc2noc(-c3ccc(OC)cc3)n2)cc1. The average molecular weight is 353 g/mol. The summed E-state index contributed by atoms with van der Waals surface area (Å²) in [5.41, 5.74) is 2.08. The highest BCUT2D eigenvalue weighted by molar-refractivity contribution is 5.54. The molecule has 0 saturated heterocycles. The van der Waals surface area contributed by atoms with Gasteiger partial charge in [-0.25, -0.2) is 0 Å². The van der Waals surface area contributed by atoms with Crippen molar-refractivity contribution >= 4 is 0 Å². The third-order valence-corrected chi connectivity index (χ3v) is 3.90. The molecule has 1 heterocycles. The number of ether oxygens (including phenoxy) is 2.